The molecule has 0 aliphatic heterocycles. The minimum absolute atomic E-state index is 0.123. The van der Waals surface area contributed by atoms with Crippen LogP contribution in [0.3, 0.4) is 0 Å². The summed E-state index contributed by atoms with van der Waals surface area (Å²) in [6.07, 6.45) is 0. The molecule has 21 heavy (non-hydrogen) atoms. The third-order valence-electron chi connectivity index (χ3n) is 3.00. The van der Waals surface area contributed by atoms with Crippen LogP contribution in [0.5, 0.6) is 0 Å². The maximum Gasteiger partial charge on any atom is 0.128 e. The van der Waals surface area contributed by atoms with Gasteiger partial charge in [0, 0.05) is 10.3 Å². The molecule has 0 bridgehead atoms. The van der Waals surface area contributed by atoms with E-state index in [1.54, 1.807) is 11.3 Å². The van der Waals surface area contributed by atoms with Gasteiger partial charge in [-0.2, -0.15) is 5.26 Å². The Labute approximate surface area is 131 Å². The van der Waals surface area contributed by atoms with Crippen molar-refractivity contribution in [1.29, 1.82) is 5.26 Å². The summed E-state index contributed by atoms with van der Waals surface area (Å²) in [6, 6.07) is 14.6. The molecule has 3 nitrogen and oxygen atoms in total. The maximum absolute atomic E-state index is 9.01. The molecule has 3 aromatic rings. The zero-order chi connectivity index (χ0) is 14.8. The molecule has 0 N–H and O–H groups in total. The highest BCUT2D eigenvalue weighted by Crippen LogP contribution is 2.37. The Bertz CT molecular complexity index is 819. The van der Waals surface area contributed by atoms with Gasteiger partial charge in [0.2, 0.25) is 0 Å². The number of aryl methyl sites for hydroxylation is 1. The van der Waals surface area contributed by atoms with Crippen LogP contribution in [0.15, 0.2) is 41.4 Å². The molecule has 0 aliphatic rings. The second kappa shape index (κ2) is 5.84. The minimum Gasteiger partial charge on any atom is -0.226 e. The Kier molecular flexibility index (Phi) is 3.91. The SMILES string of the molecule is Cc1nc(S[C@H](C)C#N)c2cc(-c3ccccc3)sc2n1. The average molecular weight is 311 g/mol. The Balaban J connectivity index is 2.13. The molecule has 0 saturated carbocycles. The summed E-state index contributed by atoms with van der Waals surface area (Å²) in [5.74, 6) is 0.747. The lowest BCUT2D eigenvalue weighted by Gasteiger charge is -2.04. The van der Waals surface area contributed by atoms with Crippen molar-refractivity contribution in [2.75, 3.05) is 0 Å². The second-order valence-electron chi connectivity index (χ2n) is 4.66. The predicted molar refractivity (Wildman–Crippen MR) is 88.5 cm³/mol. The average Bonchev–Trinajstić information content (AvgIpc) is 2.92. The zero-order valence-electron chi connectivity index (χ0n) is 11.7. The van der Waals surface area contributed by atoms with Gasteiger partial charge in [-0.1, -0.05) is 42.1 Å². The lowest BCUT2D eigenvalue weighted by Crippen LogP contribution is -1.95. The molecular formula is C16H13N3S2. The number of hydrogen-bond acceptors (Lipinski definition) is 5. The molecular weight excluding hydrogens is 298 g/mol. The standard InChI is InChI=1S/C16H13N3S2/c1-10(9-17)20-15-13-8-14(12-6-4-3-5-7-12)21-16(13)19-11(2)18-15/h3-8,10H,1-2H3/t10-/m1/s1. The quantitative estimate of drug-likeness (QED) is 0.521. The van der Waals surface area contributed by atoms with Crippen LogP contribution in [0.1, 0.15) is 12.7 Å². The van der Waals surface area contributed by atoms with Gasteiger partial charge in [0.05, 0.1) is 11.3 Å². The Morgan fingerprint density at radius 3 is 2.71 bits per heavy atom. The maximum atomic E-state index is 9.01. The molecule has 2 aromatic heterocycles. The molecule has 2 heterocycles. The van der Waals surface area contributed by atoms with Crippen LogP contribution in [0, 0.1) is 18.3 Å². The third-order valence-corrected chi connectivity index (χ3v) is 5.07. The lowest BCUT2D eigenvalue weighted by molar-refractivity contribution is 1.01. The lowest BCUT2D eigenvalue weighted by atomic mass is 10.2. The normalized spacial score (nSPS) is 12.2. The van der Waals surface area contributed by atoms with E-state index in [0.717, 1.165) is 21.1 Å². The van der Waals surface area contributed by atoms with Gasteiger partial charge >= 0.3 is 0 Å². The Morgan fingerprint density at radius 2 is 2.00 bits per heavy atom. The first-order valence-electron chi connectivity index (χ1n) is 6.57. The molecule has 3 rings (SSSR count). The minimum atomic E-state index is -0.123. The highest BCUT2D eigenvalue weighted by Gasteiger charge is 2.14. The van der Waals surface area contributed by atoms with Gasteiger partial charge < -0.3 is 0 Å². The largest absolute Gasteiger partial charge is 0.226 e. The fourth-order valence-electron chi connectivity index (χ4n) is 2.03. The molecule has 0 saturated heterocycles. The van der Waals surface area contributed by atoms with Crippen molar-refractivity contribution < 1.29 is 0 Å². The number of fused-ring (bicyclic) bond motifs is 1. The number of rotatable bonds is 3. The van der Waals surface area contributed by atoms with Crippen LogP contribution < -0.4 is 0 Å². The summed E-state index contributed by atoms with van der Waals surface area (Å²) in [6.45, 7) is 3.78. The van der Waals surface area contributed by atoms with Gasteiger partial charge in [0.1, 0.15) is 15.7 Å². The molecule has 0 unspecified atom stereocenters. The Hall–Kier alpha value is -1.90. The highest BCUT2D eigenvalue weighted by molar-refractivity contribution is 8.00. The topological polar surface area (TPSA) is 49.6 Å². The van der Waals surface area contributed by atoms with Crippen molar-refractivity contribution >= 4 is 33.3 Å². The van der Waals surface area contributed by atoms with E-state index < -0.39 is 0 Å². The van der Waals surface area contributed by atoms with E-state index in [0.29, 0.717) is 0 Å². The fourth-order valence-corrected chi connectivity index (χ4v) is 4.03. The molecule has 0 radical (unpaired) electrons. The molecule has 0 spiro atoms. The van der Waals surface area contributed by atoms with Crippen molar-refractivity contribution in [2.45, 2.75) is 24.1 Å². The van der Waals surface area contributed by atoms with Crippen molar-refractivity contribution in [3.8, 4) is 16.5 Å². The van der Waals surface area contributed by atoms with E-state index in [1.807, 2.05) is 32.0 Å². The predicted octanol–water partition coefficient (Wildman–Crippen LogP) is 4.67. The number of nitrogens with zero attached hydrogens (tertiary/aromatic N) is 3. The van der Waals surface area contributed by atoms with Crippen LogP contribution in [0.4, 0.5) is 0 Å². The van der Waals surface area contributed by atoms with Crippen LogP contribution in [0.2, 0.25) is 0 Å². The van der Waals surface area contributed by atoms with Crippen molar-refractivity contribution in [2.24, 2.45) is 0 Å². The van der Waals surface area contributed by atoms with Gasteiger partial charge in [-0.25, -0.2) is 9.97 Å². The summed E-state index contributed by atoms with van der Waals surface area (Å²) in [5, 5.41) is 10.8. The van der Waals surface area contributed by atoms with Gasteiger partial charge in [0.15, 0.2) is 0 Å². The molecule has 1 aromatic carbocycles. The molecule has 0 aliphatic carbocycles. The van der Waals surface area contributed by atoms with E-state index in [4.69, 9.17) is 5.26 Å². The van der Waals surface area contributed by atoms with Crippen molar-refractivity contribution in [3.63, 3.8) is 0 Å². The number of aromatic nitrogens is 2. The molecule has 104 valence electrons. The van der Waals surface area contributed by atoms with Gasteiger partial charge in [-0.05, 0) is 25.5 Å². The summed E-state index contributed by atoms with van der Waals surface area (Å²) in [4.78, 5) is 11.2. The zero-order valence-corrected chi connectivity index (χ0v) is 13.3. The van der Waals surface area contributed by atoms with Gasteiger partial charge in [-0.3, -0.25) is 0 Å². The first kappa shape index (κ1) is 14.1. The van der Waals surface area contributed by atoms with E-state index in [9.17, 15) is 0 Å². The van der Waals surface area contributed by atoms with E-state index in [-0.39, 0.29) is 5.25 Å². The summed E-state index contributed by atoms with van der Waals surface area (Å²) in [7, 11) is 0. The number of benzene rings is 1. The number of hydrogen-bond donors (Lipinski definition) is 0. The smallest absolute Gasteiger partial charge is 0.128 e. The molecule has 0 amide bonds. The highest BCUT2D eigenvalue weighted by atomic mass is 32.2. The first-order valence-corrected chi connectivity index (χ1v) is 8.27. The third kappa shape index (κ3) is 2.92. The fraction of sp³-hybridized carbons (Fsp3) is 0.188. The monoisotopic (exact) mass is 311 g/mol. The number of thioether (sulfide) groups is 1. The summed E-state index contributed by atoms with van der Waals surface area (Å²) < 4.78 is 0. The van der Waals surface area contributed by atoms with E-state index in [2.05, 4.69) is 34.2 Å². The van der Waals surface area contributed by atoms with Crippen LogP contribution in [-0.2, 0) is 0 Å². The van der Waals surface area contributed by atoms with Crippen LogP contribution >= 0.6 is 23.1 Å². The molecule has 5 heteroatoms. The van der Waals surface area contributed by atoms with Crippen molar-refractivity contribution in [1.82, 2.24) is 9.97 Å². The molecule has 0 fully saturated rings. The van der Waals surface area contributed by atoms with E-state index in [1.165, 1.54) is 22.2 Å². The molecule has 1 atom stereocenters. The number of nitriles is 1. The second-order valence-corrected chi connectivity index (χ2v) is 7.02. The summed E-state index contributed by atoms with van der Waals surface area (Å²) in [5.41, 5.74) is 1.18. The van der Waals surface area contributed by atoms with Crippen molar-refractivity contribution in [3.05, 3.63) is 42.2 Å². The van der Waals surface area contributed by atoms with Crippen LogP contribution in [0.25, 0.3) is 20.7 Å². The summed E-state index contributed by atoms with van der Waals surface area (Å²) >= 11 is 3.16. The van der Waals surface area contributed by atoms with Crippen LogP contribution in [-0.4, -0.2) is 15.2 Å². The first-order chi connectivity index (χ1) is 10.2. The van der Waals surface area contributed by atoms with Gasteiger partial charge in [-0.15, -0.1) is 11.3 Å². The van der Waals surface area contributed by atoms with Gasteiger partial charge in [0.25, 0.3) is 0 Å². The number of thiophene rings is 1. The van der Waals surface area contributed by atoms with E-state index >= 15 is 0 Å². The Morgan fingerprint density at radius 1 is 1.24 bits per heavy atom.